The number of aromatic nitrogens is 3. The van der Waals surface area contributed by atoms with E-state index >= 15 is 0 Å². The fourth-order valence-electron chi connectivity index (χ4n) is 2.97. The molecule has 0 bridgehead atoms. The van der Waals surface area contributed by atoms with Crippen LogP contribution in [0, 0.1) is 6.92 Å². The highest BCUT2D eigenvalue weighted by Crippen LogP contribution is 2.27. The third-order valence-corrected chi connectivity index (χ3v) is 4.59. The molecule has 4 rings (SSSR count). The van der Waals surface area contributed by atoms with Crippen molar-refractivity contribution in [2.45, 2.75) is 13.5 Å². The first-order valence-corrected chi connectivity index (χ1v) is 8.94. The standard InChI is InChI=1S/C20H17ClN4O3/c1-12-23-24-20(28-12)14-4-3-13-7-8-25(17(13)9-14)11-19(26)22-15-5-6-18(27-2)16(21)10-15/h3-10H,11H2,1-2H3,(H,22,26). The smallest absolute Gasteiger partial charge is 0.247 e. The van der Waals surface area contributed by atoms with Gasteiger partial charge in [-0.05, 0) is 41.8 Å². The van der Waals surface area contributed by atoms with Crippen LogP contribution >= 0.6 is 11.6 Å². The van der Waals surface area contributed by atoms with Gasteiger partial charge in [0.05, 0.1) is 12.1 Å². The number of ether oxygens (including phenoxy) is 1. The lowest BCUT2D eigenvalue weighted by Gasteiger charge is -2.09. The van der Waals surface area contributed by atoms with E-state index in [0.717, 1.165) is 16.5 Å². The molecular weight excluding hydrogens is 380 g/mol. The van der Waals surface area contributed by atoms with Crippen molar-refractivity contribution in [3.05, 3.63) is 59.6 Å². The quantitative estimate of drug-likeness (QED) is 0.543. The van der Waals surface area contributed by atoms with Crippen molar-refractivity contribution in [2.24, 2.45) is 0 Å². The lowest BCUT2D eigenvalue weighted by Crippen LogP contribution is -2.18. The Hall–Kier alpha value is -3.32. The van der Waals surface area contributed by atoms with Crippen LogP contribution in [0.4, 0.5) is 5.69 Å². The molecule has 2 aromatic carbocycles. The molecular formula is C20H17ClN4O3. The minimum absolute atomic E-state index is 0.152. The van der Waals surface area contributed by atoms with E-state index in [0.29, 0.717) is 28.2 Å². The van der Waals surface area contributed by atoms with Crippen LogP contribution in [0.5, 0.6) is 5.75 Å². The largest absolute Gasteiger partial charge is 0.495 e. The van der Waals surface area contributed by atoms with E-state index in [2.05, 4.69) is 15.5 Å². The van der Waals surface area contributed by atoms with Crippen molar-refractivity contribution in [2.75, 3.05) is 12.4 Å². The number of nitrogens with zero attached hydrogens (tertiary/aromatic N) is 3. The van der Waals surface area contributed by atoms with Gasteiger partial charge in [-0.15, -0.1) is 10.2 Å². The number of halogens is 1. The molecule has 0 radical (unpaired) electrons. The molecule has 8 heteroatoms. The maximum absolute atomic E-state index is 12.5. The number of nitrogens with one attached hydrogen (secondary N) is 1. The third-order valence-electron chi connectivity index (χ3n) is 4.30. The summed E-state index contributed by atoms with van der Waals surface area (Å²) in [5.74, 6) is 1.34. The van der Waals surface area contributed by atoms with Crippen LogP contribution in [0.2, 0.25) is 5.02 Å². The van der Waals surface area contributed by atoms with Gasteiger partial charge in [0.1, 0.15) is 12.3 Å². The second kappa shape index (κ2) is 7.36. The van der Waals surface area contributed by atoms with Gasteiger partial charge in [0.15, 0.2) is 0 Å². The summed E-state index contributed by atoms with van der Waals surface area (Å²) in [6, 6.07) is 12.9. The van der Waals surface area contributed by atoms with Gasteiger partial charge in [-0.2, -0.15) is 0 Å². The number of hydrogen-bond acceptors (Lipinski definition) is 5. The first-order valence-electron chi connectivity index (χ1n) is 8.56. The average molecular weight is 397 g/mol. The van der Waals surface area contributed by atoms with Gasteiger partial charge in [-0.3, -0.25) is 4.79 Å². The van der Waals surface area contributed by atoms with E-state index in [4.69, 9.17) is 20.8 Å². The number of hydrogen-bond donors (Lipinski definition) is 1. The second-order valence-electron chi connectivity index (χ2n) is 6.24. The first-order chi connectivity index (χ1) is 13.5. The molecule has 0 saturated heterocycles. The molecule has 0 saturated carbocycles. The highest BCUT2D eigenvalue weighted by Gasteiger charge is 2.11. The highest BCUT2D eigenvalue weighted by atomic mass is 35.5. The molecule has 0 aliphatic rings. The van der Waals surface area contributed by atoms with Crippen LogP contribution in [-0.4, -0.2) is 27.8 Å². The Morgan fingerprint density at radius 3 is 2.79 bits per heavy atom. The SMILES string of the molecule is COc1ccc(NC(=O)Cn2ccc3ccc(-c4nnc(C)o4)cc32)cc1Cl. The van der Waals surface area contributed by atoms with Gasteiger partial charge in [0.25, 0.3) is 0 Å². The summed E-state index contributed by atoms with van der Waals surface area (Å²) in [6.45, 7) is 1.90. The Morgan fingerprint density at radius 2 is 2.07 bits per heavy atom. The number of amides is 1. The van der Waals surface area contributed by atoms with E-state index in [-0.39, 0.29) is 12.5 Å². The zero-order valence-electron chi connectivity index (χ0n) is 15.3. The van der Waals surface area contributed by atoms with Crippen LogP contribution in [-0.2, 0) is 11.3 Å². The number of carbonyl (C=O) groups is 1. The summed E-state index contributed by atoms with van der Waals surface area (Å²) in [4.78, 5) is 12.5. The normalized spacial score (nSPS) is 11.0. The van der Waals surface area contributed by atoms with Crippen LogP contribution in [0.15, 0.2) is 53.1 Å². The molecule has 7 nitrogen and oxygen atoms in total. The van der Waals surface area contributed by atoms with E-state index in [1.54, 1.807) is 32.2 Å². The predicted molar refractivity (Wildman–Crippen MR) is 107 cm³/mol. The lowest BCUT2D eigenvalue weighted by molar-refractivity contribution is -0.116. The number of methoxy groups -OCH3 is 1. The summed E-state index contributed by atoms with van der Waals surface area (Å²) in [6.07, 6.45) is 1.87. The molecule has 28 heavy (non-hydrogen) atoms. The predicted octanol–water partition coefficient (Wildman–Crippen LogP) is 4.30. The lowest BCUT2D eigenvalue weighted by atomic mass is 10.1. The molecule has 142 valence electrons. The zero-order valence-corrected chi connectivity index (χ0v) is 16.0. The number of aryl methyl sites for hydroxylation is 1. The molecule has 0 spiro atoms. The molecule has 0 aliphatic heterocycles. The van der Waals surface area contributed by atoms with Gasteiger partial charge < -0.3 is 19.0 Å². The summed E-state index contributed by atoms with van der Waals surface area (Å²) in [7, 11) is 1.54. The van der Waals surface area contributed by atoms with Crippen LogP contribution in [0.3, 0.4) is 0 Å². The van der Waals surface area contributed by atoms with Gasteiger partial charge in [0.2, 0.25) is 17.7 Å². The molecule has 0 fully saturated rings. The van der Waals surface area contributed by atoms with Crippen LogP contribution in [0.1, 0.15) is 5.89 Å². The Labute approximate surface area is 165 Å². The number of benzene rings is 2. The molecule has 1 N–H and O–H groups in total. The number of rotatable bonds is 5. The van der Waals surface area contributed by atoms with Crippen LogP contribution in [0.25, 0.3) is 22.4 Å². The molecule has 4 aromatic rings. The van der Waals surface area contributed by atoms with E-state index < -0.39 is 0 Å². The molecule has 2 aromatic heterocycles. The minimum Gasteiger partial charge on any atom is -0.495 e. The Morgan fingerprint density at radius 1 is 1.21 bits per heavy atom. The molecule has 0 atom stereocenters. The van der Waals surface area contributed by atoms with Crippen molar-refractivity contribution in [3.63, 3.8) is 0 Å². The Kier molecular flexibility index (Phi) is 4.75. The highest BCUT2D eigenvalue weighted by molar-refractivity contribution is 6.32. The Balaban J connectivity index is 1.55. The van der Waals surface area contributed by atoms with Gasteiger partial charge >= 0.3 is 0 Å². The van der Waals surface area contributed by atoms with Crippen molar-refractivity contribution in [3.8, 4) is 17.2 Å². The Bertz CT molecular complexity index is 1170. The van der Waals surface area contributed by atoms with Crippen molar-refractivity contribution in [1.82, 2.24) is 14.8 Å². The van der Waals surface area contributed by atoms with E-state index in [1.165, 1.54) is 0 Å². The average Bonchev–Trinajstić information content (AvgIpc) is 3.28. The first kappa shape index (κ1) is 18.1. The maximum atomic E-state index is 12.5. The fraction of sp³-hybridized carbons (Fsp3) is 0.150. The van der Waals surface area contributed by atoms with E-state index in [1.807, 2.05) is 35.0 Å². The second-order valence-corrected chi connectivity index (χ2v) is 6.65. The van der Waals surface area contributed by atoms with Gasteiger partial charge in [0, 0.05) is 29.9 Å². The van der Waals surface area contributed by atoms with E-state index in [9.17, 15) is 4.79 Å². The fourth-order valence-corrected chi connectivity index (χ4v) is 3.23. The van der Waals surface area contributed by atoms with Crippen LogP contribution < -0.4 is 10.1 Å². The number of carbonyl (C=O) groups excluding carboxylic acids is 1. The van der Waals surface area contributed by atoms with Crippen molar-refractivity contribution >= 4 is 34.1 Å². The molecule has 0 aliphatic carbocycles. The zero-order chi connectivity index (χ0) is 19.7. The molecule has 2 heterocycles. The van der Waals surface area contributed by atoms with Crippen molar-refractivity contribution in [1.29, 1.82) is 0 Å². The molecule has 0 unspecified atom stereocenters. The third kappa shape index (κ3) is 3.57. The number of fused-ring (bicyclic) bond motifs is 1. The monoisotopic (exact) mass is 396 g/mol. The maximum Gasteiger partial charge on any atom is 0.247 e. The summed E-state index contributed by atoms with van der Waals surface area (Å²) < 4.78 is 12.5. The summed E-state index contributed by atoms with van der Waals surface area (Å²) >= 11 is 6.11. The minimum atomic E-state index is -0.169. The van der Waals surface area contributed by atoms with Gasteiger partial charge in [-0.25, -0.2) is 0 Å². The summed E-state index contributed by atoms with van der Waals surface area (Å²) in [5, 5.41) is 12.2. The summed E-state index contributed by atoms with van der Waals surface area (Å²) in [5.41, 5.74) is 2.31. The topological polar surface area (TPSA) is 82.2 Å². The van der Waals surface area contributed by atoms with Crippen molar-refractivity contribution < 1.29 is 13.9 Å². The van der Waals surface area contributed by atoms with Gasteiger partial charge in [-0.1, -0.05) is 17.7 Å². The number of anilines is 1. The molecule has 1 amide bonds.